The van der Waals surface area contributed by atoms with Crippen LogP contribution >= 0.6 is 23.4 Å². The average molecular weight is 473 g/mol. The van der Waals surface area contributed by atoms with Crippen molar-refractivity contribution in [1.29, 1.82) is 0 Å². The molecule has 1 saturated heterocycles. The Hall–Kier alpha value is -2.97. The quantitative estimate of drug-likeness (QED) is 0.578. The van der Waals surface area contributed by atoms with E-state index in [1.54, 1.807) is 48.5 Å². The summed E-state index contributed by atoms with van der Waals surface area (Å²) in [7, 11) is 1.50. The van der Waals surface area contributed by atoms with Gasteiger partial charge in [-0.3, -0.25) is 19.3 Å². The van der Waals surface area contributed by atoms with Crippen LogP contribution in [0, 0.1) is 0 Å². The first-order valence-electron chi connectivity index (χ1n) is 10.0. The largest absolute Gasteiger partial charge is 0.493 e. The zero-order chi connectivity index (χ0) is 22.7. The molecule has 0 bridgehead atoms. The number of hydrogen-bond acceptors (Lipinski definition) is 6. The number of hydrogen-bond donors (Lipinski definition) is 1. The van der Waals surface area contributed by atoms with E-state index in [0.717, 1.165) is 30.2 Å². The molecule has 1 aliphatic heterocycles. The van der Waals surface area contributed by atoms with E-state index in [9.17, 15) is 14.4 Å². The number of thioether (sulfide) groups is 1. The minimum Gasteiger partial charge on any atom is -0.493 e. The summed E-state index contributed by atoms with van der Waals surface area (Å²) in [6.45, 7) is 0.0774. The van der Waals surface area contributed by atoms with Crippen LogP contribution in [-0.2, 0) is 16.1 Å². The van der Waals surface area contributed by atoms with Gasteiger partial charge in [-0.25, -0.2) is 0 Å². The molecule has 0 spiro atoms. The lowest BCUT2D eigenvalue weighted by molar-refractivity contribution is -0.124. The molecule has 2 fully saturated rings. The van der Waals surface area contributed by atoms with Gasteiger partial charge in [0.25, 0.3) is 17.1 Å². The summed E-state index contributed by atoms with van der Waals surface area (Å²) in [5.41, 5.74) is 1.49. The van der Waals surface area contributed by atoms with E-state index >= 15 is 0 Å². The molecule has 2 aromatic carbocycles. The van der Waals surface area contributed by atoms with E-state index < -0.39 is 0 Å². The Kier molecular flexibility index (Phi) is 6.72. The topological polar surface area (TPSA) is 84.9 Å². The van der Waals surface area contributed by atoms with Gasteiger partial charge in [0.1, 0.15) is 0 Å². The normalized spacial score (nSPS) is 17.1. The second kappa shape index (κ2) is 9.67. The summed E-state index contributed by atoms with van der Waals surface area (Å²) in [5.74, 6) is 0.323. The third-order valence-corrected chi connectivity index (χ3v) is 6.07. The molecule has 2 aromatic rings. The summed E-state index contributed by atoms with van der Waals surface area (Å²) in [4.78, 5) is 38.5. The van der Waals surface area contributed by atoms with Crippen molar-refractivity contribution >= 4 is 46.5 Å². The van der Waals surface area contributed by atoms with E-state index in [0.29, 0.717) is 27.0 Å². The molecular formula is C23H21ClN2O5S. The lowest BCUT2D eigenvalue weighted by atomic mass is 10.1. The van der Waals surface area contributed by atoms with E-state index in [1.807, 2.05) is 0 Å². The number of carbonyl (C=O) groups excluding carboxylic acids is 3. The van der Waals surface area contributed by atoms with Gasteiger partial charge in [0, 0.05) is 11.1 Å². The molecule has 4 rings (SSSR count). The molecule has 0 aromatic heterocycles. The van der Waals surface area contributed by atoms with Crippen LogP contribution in [0.4, 0.5) is 4.79 Å². The fourth-order valence-electron chi connectivity index (χ4n) is 3.09. The van der Waals surface area contributed by atoms with Crippen molar-refractivity contribution in [1.82, 2.24) is 10.2 Å². The van der Waals surface area contributed by atoms with E-state index in [2.05, 4.69) is 5.32 Å². The highest BCUT2D eigenvalue weighted by Crippen LogP contribution is 2.35. The number of halogens is 1. The van der Waals surface area contributed by atoms with Crippen molar-refractivity contribution < 1.29 is 23.9 Å². The van der Waals surface area contributed by atoms with E-state index in [1.165, 1.54) is 12.0 Å². The Morgan fingerprint density at radius 2 is 1.94 bits per heavy atom. The molecule has 1 heterocycles. The number of methoxy groups -OCH3 is 1. The molecule has 0 radical (unpaired) electrons. The first-order valence-corrected chi connectivity index (χ1v) is 11.2. The number of imide groups is 1. The van der Waals surface area contributed by atoms with Crippen molar-refractivity contribution in [3.8, 4) is 11.5 Å². The van der Waals surface area contributed by atoms with Crippen LogP contribution in [0.15, 0.2) is 47.4 Å². The number of amides is 3. The first kappa shape index (κ1) is 22.2. The van der Waals surface area contributed by atoms with Gasteiger partial charge < -0.3 is 14.8 Å². The number of nitrogens with one attached hydrogen (secondary N) is 1. The zero-order valence-corrected chi connectivity index (χ0v) is 18.9. The second-order valence-corrected chi connectivity index (χ2v) is 8.86. The number of rotatable bonds is 8. The highest BCUT2D eigenvalue weighted by Gasteiger charge is 2.35. The van der Waals surface area contributed by atoms with Gasteiger partial charge in [0.05, 0.1) is 18.6 Å². The zero-order valence-electron chi connectivity index (χ0n) is 17.3. The van der Waals surface area contributed by atoms with Crippen LogP contribution < -0.4 is 14.8 Å². The highest BCUT2D eigenvalue weighted by molar-refractivity contribution is 8.18. The standard InChI is InChI=1S/C23H21ClN2O5S/c1-30-19-10-15(4-9-18(19)31-13-21(27)25-17-7-8-17)11-20-22(28)26(23(29)32-20)12-14-2-5-16(24)6-3-14/h2-6,9-11,17H,7-8,12-13H2,1H3,(H,25,27)/b20-11-. The number of ether oxygens (including phenoxy) is 2. The minimum atomic E-state index is -0.356. The van der Waals surface area contributed by atoms with Crippen molar-refractivity contribution in [3.05, 3.63) is 63.5 Å². The molecule has 2 aliphatic rings. The Labute approximate surface area is 194 Å². The summed E-state index contributed by atoms with van der Waals surface area (Å²) >= 11 is 6.78. The van der Waals surface area contributed by atoms with Crippen LogP contribution in [0.25, 0.3) is 6.08 Å². The Morgan fingerprint density at radius 3 is 2.62 bits per heavy atom. The van der Waals surface area contributed by atoms with Crippen LogP contribution in [0.3, 0.4) is 0 Å². The van der Waals surface area contributed by atoms with Gasteiger partial charge in [0.15, 0.2) is 18.1 Å². The summed E-state index contributed by atoms with van der Waals surface area (Å²) < 4.78 is 10.9. The van der Waals surface area contributed by atoms with Crippen LogP contribution in [0.5, 0.6) is 11.5 Å². The Balaban J connectivity index is 1.44. The van der Waals surface area contributed by atoms with E-state index in [4.69, 9.17) is 21.1 Å². The monoisotopic (exact) mass is 472 g/mol. The number of benzene rings is 2. The van der Waals surface area contributed by atoms with E-state index in [-0.39, 0.29) is 36.2 Å². The summed E-state index contributed by atoms with van der Waals surface area (Å²) in [5, 5.41) is 3.12. The van der Waals surface area contributed by atoms with Gasteiger partial charge in [-0.15, -0.1) is 0 Å². The molecule has 3 amide bonds. The maximum absolute atomic E-state index is 12.8. The molecule has 166 valence electrons. The lowest BCUT2D eigenvalue weighted by Crippen LogP contribution is -2.30. The van der Waals surface area contributed by atoms with Crippen molar-refractivity contribution in [2.45, 2.75) is 25.4 Å². The second-order valence-electron chi connectivity index (χ2n) is 7.44. The molecular weight excluding hydrogens is 452 g/mol. The predicted octanol–water partition coefficient (Wildman–Crippen LogP) is 4.24. The molecule has 1 N–H and O–H groups in total. The SMILES string of the molecule is COc1cc(/C=C2\SC(=O)N(Cc3ccc(Cl)cc3)C2=O)ccc1OCC(=O)NC1CC1. The third-order valence-electron chi connectivity index (χ3n) is 4.91. The van der Waals surface area contributed by atoms with Gasteiger partial charge in [-0.05, 0) is 66.1 Å². The molecule has 0 unspecified atom stereocenters. The molecule has 32 heavy (non-hydrogen) atoms. The first-order chi connectivity index (χ1) is 15.4. The maximum atomic E-state index is 12.8. The molecule has 9 heteroatoms. The highest BCUT2D eigenvalue weighted by atomic mass is 35.5. The number of nitrogens with zero attached hydrogens (tertiary/aromatic N) is 1. The maximum Gasteiger partial charge on any atom is 0.293 e. The minimum absolute atomic E-state index is 0.101. The third kappa shape index (κ3) is 5.44. The van der Waals surface area contributed by atoms with Gasteiger partial charge in [-0.2, -0.15) is 0 Å². The summed E-state index contributed by atoms with van der Waals surface area (Å²) in [6.07, 6.45) is 3.66. The van der Waals surface area contributed by atoms with Crippen molar-refractivity contribution in [2.75, 3.05) is 13.7 Å². The summed E-state index contributed by atoms with van der Waals surface area (Å²) in [6, 6.07) is 12.4. The average Bonchev–Trinajstić information content (AvgIpc) is 3.56. The van der Waals surface area contributed by atoms with Crippen molar-refractivity contribution in [3.63, 3.8) is 0 Å². The Morgan fingerprint density at radius 1 is 1.19 bits per heavy atom. The van der Waals surface area contributed by atoms with Crippen LogP contribution in [0.2, 0.25) is 5.02 Å². The molecule has 1 saturated carbocycles. The van der Waals surface area contributed by atoms with Crippen molar-refractivity contribution in [2.24, 2.45) is 0 Å². The fraction of sp³-hybridized carbons (Fsp3) is 0.261. The van der Waals surface area contributed by atoms with Gasteiger partial charge in [0.2, 0.25) is 0 Å². The van der Waals surface area contributed by atoms with Crippen LogP contribution in [0.1, 0.15) is 24.0 Å². The van der Waals surface area contributed by atoms with Crippen LogP contribution in [-0.4, -0.2) is 41.7 Å². The Bertz CT molecular complexity index is 1080. The smallest absolute Gasteiger partial charge is 0.293 e. The lowest BCUT2D eigenvalue weighted by Gasteiger charge is -2.12. The molecule has 0 atom stereocenters. The molecule has 1 aliphatic carbocycles. The number of carbonyl (C=O) groups is 3. The fourth-order valence-corrected chi connectivity index (χ4v) is 4.06. The van der Waals surface area contributed by atoms with Gasteiger partial charge >= 0.3 is 0 Å². The van der Waals surface area contributed by atoms with Gasteiger partial charge in [-0.1, -0.05) is 29.8 Å². The predicted molar refractivity (Wildman–Crippen MR) is 123 cm³/mol. The molecule has 7 nitrogen and oxygen atoms in total.